The summed E-state index contributed by atoms with van der Waals surface area (Å²) < 4.78 is 0. The summed E-state index contributed by atoms with van der Waals surface area (Å²) in [6.07, 6.45) is 4.79. The molecule has 0 aliphatic carbocycles. The highest BCUT2D eigenvalue weighted by molar-refractivity contribution is 5.36. The van der Waals surface area contributed by atoms with Crippen LogP contribution in [0.3, 0.4) is 0 Å². The first-order valence-corrected chi connectivity index (χ1v) is 8.16. The lowest BCUT2D eigenvalue weighted by molar-refractivity contribution is 0.170. The SMILES string of the molecule is CC.CCc1cc(NC2CC(C)(C)NC(C)(C)C2)ncn1. The Labute approximate surface area is 130 Å². The third-order valence-electron chi connectivity index (χ3n) is 3.63. The van der Waals surface area contributed by atoms with Gasteiger partial charge in [0.2, 0.25) is 0 Å². The second-order valence-corrected chi connectivity index (χ2v) is 6.89. The van der Waals surface area contributed by atoms with Crippen molar-refractivity contribution >= 4 is 5.82 Å². The molecule has 2 rings (SSSR count). The summed E-state index contributed by atoms with van der Waals surface area (Å²) in [7, 11) is 0. The second kappa shape index (κ2) is 7.21. The molecule has 2 N–H and O–H groups in total. The van der Waals surface area contributed by atoms with Crippen molar-refractivity contribution < 1.29 is 0 Å². The lowest BCUT2D eigenvalue weighted by atomic mass is 9.79. The van der Waals surface area contributed by atoms with Crippen molar-refractivity contribution in [1.29, 1.82) is 0 Å². The zero-order valence-corrected chi connectivity index (χ0v) is 14.7. The van der Waals surface area contributed by atoms with E-state index in [1.165, 1.54) is 0 Å². The van der Waals surface area contributed by atoms with Gasteiger partial charge in [-0.15, -0.1) is 0 Å². The summed E-state index contributed by atoms with van der Waals surface area (Å²) in [6, 6.07) is 2.51. The van der Waals surface area contributed by atoms with Crippen LogP contribution in [0, 0.1) is 0 Å². The number of aryl methyl sites for hydroxylation is 1. The topological polar surface area (TPSA) is 49.8 Å². The van der Waals surface area contributed by atoms with Gasteiger partial charge in [0.15, 0.2) is 0 Å². The van der Waals surface area contributed by atoms with Crippen LogP contribution in [-0.4, -0.2) is 27.1 Å². The van der Waals surface area contributed by atoms with E-state index in [9.17, 15) is 0 Å². The van der Waals surface area contributed by atoms with Crippen LogP contribution in [0.1, 0.15) is 67.0 Å². The van der Waals surface area contributed by atoms with Crippen LogP contribution < -0.4 is 10.6 Å². The third-order valence-corrected chi connectivity index (χ3v) is 3.63. The molecule has 1 aromatic heterocycles. The Hall–Kier alpha value is -1.16. The maximum Gasteiger partial charge on any atom is 0.129 e. The number of nitrogens with zero attached hydrogens (tertiary/aromatic N) is 2. The molecular formula is C17H32N4. The second-order valence-electron chi connectivity index (χ2n) is 6.89. The summed E-state index contributed by atoms with van der Waals surface area (Å²) in [5.74, 6) is 0.949. The van der Waals surface area contributed by atoms with Crippen molar-refractivity contribution in [2.24, 2.45) is 0 Å². The Bertz CT molecular complexity index is 424. The number of hydrogen-bond acceptors (Lipinski definition) is 4. The Morgan fingerprint density at radius 1 is 1.14 bits per heavy atom. The zero-order valence-electron chi connectivity index (χ0n) is 14.7. The highest BCUT2D eigenvalue weighted by Gasteiger charge is 2.37. The van der Waals surface area contributed by atoms with Crippen LogP contribution in [0.25, 0.3) is 0 Å². The van der Waals surface area contributed by atoms with Gasteiger partial charge in [0, 0.05) is 28.9 Å². The number of piperidine rings is 1. The molecule has 4 heteroatoms. The molecule has 1 fully saturated rings. The van der Waals surface area contributed by atoms with Crippen LogP contribution in [0.15, 0.2) is 12.4 Å². The van der Waals surface area contributed by atoms with Gasteiger partial charge in [-0.25, -0.2) is 9.97 Å². The third kappa shape index (κ3) is 5.62. The van der Waals surface area contributed by atoms with Gasteiger partial charge in [0.05, 0.1) is 0 Å². The lowest BCUT2D eigenvalue weighted by Crippen LogP contribution is -2.60. The van der Waals surface area contributed by atoms with Crippen molar-refractivity contribution in [2.75, 3.05) is 5.32 Å². The van der Waals surface area contributed by atoms with Crippen molar-refractivity contribution in [1.82, 2.24) is 15.3 Å². The molecule has 0 aromatic carbocycles. The summed E-state index contributed by atoms with van der Waals surface area (Å²) >= 11 is 0. The van der Waals surface area contributed by atoms with E-state index in [0.717, 1.165) is 30.8 Å². The van der Waals surface area contributed by atoms with Crippen molar-refractivity contribution in [3.8, 4) is 0 Å². The van der Waals surface area contributed by atoms with E-state index in [2.05, 4.69) is 61.3 Å². The van der Waals surface area contributed by atoms with Gasteiger partial charge in [0.1, 0.15) is 12.1 Å². The molecular weight excluding hydrogens is 260 g/mol. The number of hydrogen-bond donors (Lipinski definition) is 2. The first kappa shape index (κ1) is 17.9. The molecule has 120 valence electrons. The Morgan fingerprint density at radius 3 is 2.24 bits per heavy atom. The summed E-state index contributed by atoms with van der Waals surface area (Å²) in [5, 5.41) is 7.27. The minimum absolute atomic E-state index is 0.153. The highest BCUT2D eigenvalue weighted by atomic mass is 15.1. The van der Waals surface area contributed by atoms with Gasteiger partial charge >= 0.3 is 0 Å². The number of rotatable bonds is 3. The summed E-state index contributed by atoms with van der Waals surface area (Å²) in [5.41, 5.74) is 1.39. The van der Waals surface area contributed by atoms with E-state index in [1.54, 1.807) is 6.33 Å². The zero-order chi connectivity index (χ0) is 16.1. The van der Waals surface area contributed by atoms with E-state index in [1.807, 2.05) is 13.8 Å². The van der Waals surface area contributed by atoms with Crippen LogP contribution >= 0.6 is 0 Å². The van der Waals surface area contributed by atoms with E-state index in [0.29, 0.717) is 6.04 Å². The molecule has 1 saturated heterocycles. The Kier molecular flexibility index (Phi) is 6.14. The maximum absolute atomic E-state index is 4.33. The molecule has 1 aromatic rings. The number of nitrogens with one attached hydrogen (secondary N) is 2. The fraction of sp³-hybridized carbons (Fsp3) is 0.765. The standard InChI is InChI=1S/C15H26N4.C2H6/c1-6-11-7-13(17-10-16-11)18-12-8-14(2,3)19-15(4,5)9-12;1-2/h7,10,12,19H,6,8-9H2,1-5H3,(H,16,17,18);1-2H3. The molecule has 0 unspecified atom stereocenters. The van der Waals surface area contributed by atoms with Gasteiger partial charge in [-0.2, -0.15) is 0 Å². The minimum Gasteiger partial charge on any atom is -0.367 e. The van der Waals surface area contributed by atoms with Gasteiger partial charge in [0.25, 0.3) is 0 Å². The van der Waals surface area contributed by atoms with E-state index < -0.39 is 0 Å². The molecule has 0 radical (unpaired) electrons. The number of anilines is 1. The van der Waals surface area contributed by atoms with Crippen molar-refractivity contribution in [2.45, 2.75) is 84.8 Å². The molecule has 1 aliphatic heterocycles. The monoisotopic (exact) mass is 292 g/mol. The van der Waals surface area contributed by atoms with Crippen LogP contribution in [-0.2, 0) is 6.42 Å². The maximum atomic E-state index is 4.33. The van der Waals surface area contributed by atoms with E-state index in [4.69, 9.17) is 0 Å². The molecule has 4 nitrogen and oxygen atoms in total. The van der Waals surface area contributed by atoms with Gasteiger partial charge < -0.3 is 10.6 Å². The average Bonchev–Trinajstić information content (AvgIpc) is 2.37. The van der Waals surface area contributed by atoms with E-state index in [-0.39, 0.29) is 11.1 Å². The summed E-state index contributed by atoms with van der Waals surface area (Å²) in [4.78, 5) is 8.58. The van der Waals surface area contributed by atoms with Gasteiger partial charge in [-0.1, -0.05) is 20.8 Å². The predicted molar refractivity (Wildman–Crippen MR) is 90.7 cm³/mol. The van der Waals surface area contributed by atoms with Crippen LogP contribution in [0.4, 0.5) is 5.82 Å². The number of aromatic nitrogens is 2. The van der Waals surface area contributed by atoms with Gasteiger partial charge in [-0.3, -0.25) is 0 Å². The van der Waals surface area contributed by atoms with Crippen molar-refractivity contribution in [3.63, 3.8) is 0 Å². The largest absolute Gasteiger partial charge is 0.367 e. The molecule has 0 spiro atoms. The first-order valence-electron chi connectivity index (χ1n) is 8.16. The Balaban J connectivity index is 0.00000106. The lowest BCUT2D eigenvalue weighted by Gasteiger charge is -2.46. The highest BCUT2D eigenvalue weighted by Crippen LogP contribution is 2.30. The van der Waals surface area contributed by atoms with E-state index >= 15 is 0 Å². The molecule has 2 heterocycles. The van der Waals surface area contributed by atoms with Crippen molar-refractivity contribution in [3.05, 3.63) is 18.1 Å². The molecule has 0 atom stereocenters. The fourth-order valence-electron chi connectivity index (χ4n) is 3.30. The first-order chi connectivity index (χ1) is 9.80. The smallest absolute Gasteiger partial charge is 0.129 e. The predicted octanol–water partition coefficient (Wildman–Crippen LogP) is 3.79. The molecule has 0 amide bonds. The van der Waals surface area contributed by atoms with Gasteiger partial charge in [-0.05, 0) is 47.0 Å². The normalized spacial score (nSPS) is 20.3. The molecule has 1 aliphatic rings. The average molecular weight is 292 g/mol. The molecule has 21 heavy (non-hydrogen) atoms. The fourth-order valence-corrected chi connectivity index (χ4v) is 3.30. The van der Waals surface area contributed by atoms with Crippen LogP contribution in [0.2, 0.25) is 0 Å². The summed E-state index contributed by atoms with van der Waals surface area (Å²) in [6.45, 7) is 15.2. The van der Waals surface area contributed by atoms with Crippen LogP contribution in [0.5, 0.6) is 0 Å². The molecule has 0 saturated carbocycles. The molecule has 0 bridgehead atoms. The Morgan fingerprint density at radius 2 is 1.71 bits per heavy atom. The quantitative estimate of drug-likeness (QED) is 0.890. The minimum atomic E-state index is 0.153.